The lowest BCUT2D eigenvalue weighted by atomic mass is 9.86. The van der Waals surface area contributed by atoms with Gasteiger partial charge < -0.3 is 15.6 Å². The molecule has 27 heavy (non-hydrogen) atoms. The number of carbonyl (C=O) groups excluding carboxylic acids is 1. The minimum absolute atomic E-state index is 0.0826. The van der Waals surface area contributed by atoms with Crippen LogP contribution in [0.15, 0.2) is 42.5 Å². The Morgan fingerprint density at radius 3 is 2.63 bits per heavy atom. The molecular formula is C21H21F2N3O. The van der Waals surface area contributed by atoms with Crippen molar-refractivity contribution in [2.24, 2.45) is 5.92 Å². The maximum Gasteiger partial charge on any atom is 0.272 e. The lowest BCUT2D eigenvalue weighted by molar-refractivity contribution is 0.102. The number of hydrogen-bond acceptors (Lipinski definition) is 2. The number of nitrogens with one attached hydrogen (secondary N) is 3. The van der Waals surface area contributed by atoms with E-state index in [0.29, 0.717) is 17.5 Å². The molecule has 4 rings (SSSR count). The van der Waals surface area contributed by atoms with Gasteiger partial charge in [-0.05, 0) is 67.2 Å². The van der Waals surface area contributed by atoms with E-state index in [1.54, 1.807) is 6.07 Å². The number of anilines is 1. The summed E-state index contributed by atoms with van der Waals surface area (Å²) in [5, 5.41) is 6.87. The number of aromatic nitrogens is 1. The summed E-state index contributed by atoms with van der Waals surface area (Å²) in [7, 11) is 0. The highest BCUT2D eigenvalue weighted by Gasteiger charge is 2.23. The summed E-state index contributed by atoms with van der Waals surface area (Å²) in [6.07, 6.45) is 1.17. The van der Waals surface area contributed by atoms with Crippen LogP contribution in [0.5, 0.6) is 0 Å². The number of rotatable bonds is 4. The highest BCUT2D eigenvalue weighted by molar-refractivity contribution is 6.06. The van der Waals surface area contributed by atoms with Crippen LogP contribution in [0.2, 0.25) is 0 Å². The highest BCUT2D eigenvalue weighted by atomic mass is 19.1. The van der Waals surface area contributed by atoms with Crippen LogP contribution in [0.3, 0.4) is 0 Å². The third-order valence-electron chi connectivity index (χ3n) is 5.34. The minimum atomic E-state index is -0.734. The molecule has 1 aliphatic heterocycles. The fourth-order valence-corrected chi connectivity index (χ4v) is 3.76. The van der Waals surface area contributed by atoms with E-state index >= 15 is 0 Å². The summed E-state index contributed by atoms with van der Waals surface area (Å²) >= 11 is 0. The molecule has 1 fully saturated rings. The lowest BCUT2D eigenvalue weighted by Gasteiger charge is -2.18. The molecule has 2 heterocycles. The fraction of sp³-hybridized carbons (Fsp3) is 0.286. The molecular weight excluding hydrogens is 348 g/mol. The van der Waals surface area contributed by atoms with Crippen LogP contribution in [0.1, 0.15) is 35.3 Å². The van der Waals surface area contributed by atoms with Crippen molar-refractivity contribution in [3.8, 4) is 0 Å². The van der Waals surface area contributed by atoms with Gasteiger partial charge in [-0.2, -0.15) is 0 Å². The van der Waals surface area contributed by atoms with Crippen molar-refractivity contribution in [3.05, 3.63) is 65.4 Å². The van der Waals surface area contributed by atoms with E-state index in [2.05, 4.69) is 34.7 Å². The van der Waals surface area contributed by atoms with Crippen LogP contribution >= 0.6 is 0 Å². The summed E-state index contributed by atoms with van der Waals surface area (Å²) < 4.78 is 26.6. The van der Waals surface area contributed by atoms with Gasteiger partial charge in [0.2, 0.25) is 0 Å². The van der Waals surface area contributed by atoms with Gasteiger partial charge in [-0.15, -0.1) is 0 Å². The predicted molar refractivity (Wildman–Crippen MR) is 102 cm³/mol. The second kappa shape index (κ2) is 7.12. The Balaban J connectivity index is 1.56. The molecule has 0 radical (unpaired) electrons. The van der Waals surface area contributed by atoms with Crippen molar-refractivity contribution in [1.82, 2.24) is 10.3 Å². The van der Waals surface area contributed by atoms with Crippen LogP contribution in [0.4, 0.5) is 14.5 Å². The molecule has 1 aliphatic rings. The van der Waals surface area contributed by atoms with E-state index < -0.39 is 17.5 Å². The van der Waals surface area contributed by atoms with E-state index in [1.807, 2.05) is 6.07 Å². The molecule has 0 aliphatic carbocycles. The largest absolute Gasteiger partial charge is 0.351 e. The maximum atomic E-state index is 13.3. The zero-order valence-corrected chi connectivity index (χ0v) is 15.0. The number of halogens is 2. The fourth-order valence-electron chi connectivity index (χ4n) is 3.76. The number of fused-ring (bicyclic) bond motifs is 1. The first kappa shape index (κ1) is 17.7. The first-order chi connectivity index (χ1) is 13.0. The Hall–Kier alpha value is -2.73. The summed E-state index contributed by atoms with van der Waals surface area (Å²) in [5.74, 6) is -0.853. The van der Waals surface area contributed by atoms with Crippen molar-refractivity contribution in [2.45, 2.75) is 19.3 Å². The van der Waals surface area contributed by atoms with Gasteiger partial charge in [0.25, 0.3) is 5.91 Å². The minimum Gasteiger partial charge on any atom is -0.351 e. The molecule has 0 saturated carbocycles. The van der Waals surface area contributed by atoms with E-state index in [-0.39, 0.29) is 5.69 Å². The molecule has 0 spiro atoms. The SMILES string of the molecule is CC(c1ccc2[nH]c(C(=O)Nc3cc(F)cc(F)c3)cc2c1)C1CCNC1. The zero-order valence-electron chi connectivity index (χ0n) is 15.0. The number of H-pyrrole nitrogens is 1. The van der Waals surface area contributed by atoms with Crippen LogP contribution in [0, 0.1) is 17.6 Å². The quantitative estimate of drug-likeness (QED) is 0.638. The van der Waals surface area contributed by atoms with Gasteiger partial charge >= 0.3 is 0 Å². The highest BCUT2D eigenvalue weighted by Crippen LogP contribution is 2.30. The molecule has 4 nitrogen and oxygen atoms in total. The first-order valence-electron chi connectivity index (χ1n) is 9.10. The normalized spacial score (nSPS) is 18.0. The van der Waals surface area contributed by atoms with Crippen LogP contribution < -0.4 is 10.6 Å². The Labute approximate surface area is 156 Å². The monoisotopic (exact) mass is 369 g/mol. The molecule has 1 aromatic heterocycles. The second-order valence-corrected chi connectivity index (χ2v) is 7.18. The van der Waals surface area contributed by atoms with Crippen LogP contribution in [-0.2, 0) is 0 Å². The molecule has 2 atom stereocenters. The van der Waals surface area contributed by atoms with E-state index in [0.717, 1.165) is 42.2 Å². The summed E-state index contributed by atoms with van der Waals surface area (Å²) in [4.78, 5) is 15.5. The number of amides is 1. The molecule has 3 N–H and O–H groups in total. The molecule has 0 bridgehead atoms. The van der Waals surface area contributed by atoms with Crippen molar-refractivity contribution in [2.75, 3.05) is 18.4 Å². The summed E-state index contributed by atoms with van der Waals surface area (Å²) in [5.41, 5.74) is 2.53. The molecule has 6 heteroatoms. The van der Waals surface area contributed by atoms with Gasteiger partial charge in [0.1, 0.15) is 17.3 Å². The van der Waals surface area contributed by atoms with Crippen LogP contribution in [0.25, 0.3) is 10.9 Å². The standard InChI is InChI=1S/C21H21F2N3O/c1-12(14-4-5-24-11-14)13-2-3-19-15(6-13)7-20(26-19)21(27)25-18-9-16(22)8-17(23)10-18/h2-3,6-10,12,14,24,26H,4-5,11H2,1H3,(H,25,27). The number of benzene rings is 2. The van der Waals surface area contributed by atoms with E-state index in [4.69, 9.17) is 0 Å². The Kier molecular flexibility index (Phi) is 4.66. The molecule has 2 aromatic carbocycles. The molecule has 1 saturated heterocycles. The average molecular weight is 369 g/mol. The van der Waals surface area contributed by atoms with Crippen molar-refractivity contribution in [1.29, 1.82) is 0 Å². The lowest BCUT2D eigenvalue weighted by Crippen LogP contribution is -2.14. The van der Waals surface area contributed by atoms with Crippen molar-refractivity contribution >= 4 is 22.5 Å². The second-order valence-electron chi connectivity index (χ2n) is 7.18. The van der Waals surface area contributed by atoms with E-state index in [1.165, 1.54) is 12.0 Å². The zero-order chi connectivity index (χ0) is 19.0. The Morgan fingerprint density at radius 2 is 1.93 bits per heavy atom. The van der Waals surface area contributed by atoms with Crippen molar-refractivity contribution in [3.63, 3.8) is 0 Å². The third kappa shape index (κ3) is 3.71. The first-order valence-corrected chi connectivity index (χ1v) is 9.10. The van der Waals surface area contributed by atoms with Gasteiger partial charge in [0.05, 0.1) is 0 Å². The molecule has 140 valence electrons. The molecule has 1 amide bonds. The van der Waals surface area contributed by atoms with Gasteiger partial charge in [0, 0.05) is 22.7 Å². The third-order valence-corrected chi connectivity index (χ3v) is 5.34. The van der Waals surface area contributed by atoms with Gasteiger partial charge in [0.15, 0.2) is 0 Å². The van der Waals surface area contributed by atoms with Gasteiger partial charge in [-0.1, -0.05) is 13.0 Å². The predicted octanol–water partition coefficient (Wildman–Crippen LogP) is 4.41. The molecule has 2 unspecified atom stereocenters. The summed E-state index contributed by atoms with van der Waals surface area (Å²) in [6, 6.07) is 10.9. The Morgan fingerprint density at radius 1 is 1.15 bits per heavy atom. The van der Waals surface area contributed by atoms with Gasteiger partial charge in [-0.25, -0.2) is 8.78 Å². The topological polar surface area (TPSA) is 56.9 Å². The van der Waals surface area contributed by atoms with E-state index in [9.17, 15) is 13.6 Å². The number of aromatic amines is 1. The number of carbonyl (C=O) groups is 1. The van der Waals surface area contributed by atoms with Gasteiger partial charge in [-0.3, -0.25) is 4.79 Å². The van der Waals surface area contributed by atoms with Crippen molar-refractivity contribution < 1.29 is 13.6 Å². The summed E-state index contributed by atoms with van der Waals surface area (Å²) in [6.45, 7) is 4.33. The Bertz CT molecular complexity index is 972. The smallest absolute Gasteiger partial charge is 0.272 e. The number of hydrogen-bond donors (Lipinski definition) is 3. The van der Waals surface area contributed by atoms with Crippen LogP contribution in [-0.4, -0.2) is 24.0 Å². The maximum absolute atomic E-state index is 13.3. The average Bonchev–Trinajstić information content (AvgIpc) is 3.29. The molecule has 3 aromatic rings.